The minimum atomic E-state index is -0.215. The number of rotatable bonds is 22. The summed E-state index contributed by atoms with van der Waals surface area (Å²) in [5, 5.41) is 10.8. The van der Waals surface area contributed by atoms with Crippen molar-refractivity contribution in [2.75, 3.05) is 19.6 Å². The molecule has 0 spiro atoms. The Balaban J connectivity index is 3.40. The highest BCUT2D eigenvalue weighted by Crippen LogP contribution is 2.03. The molecule has 0 aliphatic carbocycles. The van der Waals surface area contributed by atoms with E-state index in [1.54, 1.807) is 0 Å². The van der Waals surface area contributed by atoms with Crippen molar-refractivity contribution in [3.63, 3.8) is 0 Å². The van der Waals surface area contributed by atoms with Crippen LogP contribution in [0.1, 0.15) is 110 Å². The normalized spacial score (nSPS) is 10.5. The van der Waals surface area contributed by atoms with Gasteiger partial charge >= 0.3 is 0 Å². The lowest BCUT2D eigenvalue weighted by molar-refractivity contribution is -0.122. The van der Waals surface area contributed by atoms with Gasteiger partial charge in [-0.3, -0.25) is 19.2 Å². The zero-order valence-electron chi connectivity index (χ0n) is 20.6. The van der Waals surface area contributed by atoms with Crippen LogP contribution in [0.2, 0.25) is 0 Å². The smallest absolute Gasteiger partial charge is 0.226 e. The summed E-state index contributed by atoms with van der Waals surface area (Å²) in [4.78, 5) is 46.2. The van der Waals surface area contributed by atoms with Crippen molar-refractivity contribution in [3.05, 3.63) is 0 Å². The maximum Gasteiger partial charge on any atom is 0.226 e. The highest BCUT2D eigenvalue weighted by molar-refractivity contribution is 6.14. The zero-order chi connectivity index (χ0) is 24.6. The van der Waals surface area contributed by atoms with Gasteiger partial charge in [0.25, 0.3) is 0 Å². The molecule has 0 bridgehead atoms. The lowest BCUT2D eigenvalue weighted by Gasteiger charge is -2.07. The maximum atomic E-state index is 11.9. The van der Waals surface area contributed by atoms with Crippen LogP contribution in [0.15, 0.2) is 0 Å². The van der Waals surface area contributed by atoms with Crippen molar-refractivity contribution in [2.24, 2.45) is 0 Å². The van der Waals surface area contributed by atoms with E-state index in [0.717, 1.165) is 51.5 Å². The van der Waals surface area contributed by atoms with Crippen LogP contribution >= 0.6 is 0 Å². The summed E-state index contributed by atoms with van der Waals surface area (Å²) >= 11 is 0. The Labute approximate surface area is 201 Å². The summed E-state index contributed by atoms with van der Waals surface area (Å²) in [6, 6.07) is 0. The second-order valence-electron chi connectivity index (χ2n) is 8.51. The van der Waals surface area contributed by atoms with Gasteiger partial charge in [-0.2, -0.15) is 0 Å². The van der Waals surface area contributed by atoms with E-state index in [1.165, 1.54) is 19.3 Å². The molecule has 188 valence electrons. The van der Waals surface area contributed by atoms with Crippen molar-refractivity contribution < 1.29 is 19.2 Å². The van der Waals surface area contributed by atoms with E-state index < -0.39 is 0 Å². The summed E-state index contributed by atoms with van der Waals surface area (Å²) in [5.41, 5.74) is 0. The molecule has 8 nitrogen and oxygen atoms in total. The van der Waals surface area contributed by atoms with Gasteiger partial charge in [0.2, 0.25) is 31.6 Å². The molecule has 0 rings (SSSR count). The summed E-state index contributed by atoms with van der Waals surface area (Å²) < 4.78 is 0. The highest BCUT2D eigenvalue weighted by atomic mass is 16.2. The molecule has 33 heavy (non-hydrogen) atoms. The van der Waals surface area contributed by atoms with Crippen LogP contribution in [0.4, 0.5) is 0 Å². The molecule has 0 unspecified atom stereocenters. The fraction of sp³-hybridized carbons (Fsp3) is 0.833. The average molecular weight is 464 g/mol. The molecule has 0 saturated heterocycles. The van der Waals surface area contributed by atoms with Crippen LogP contribution in [0.25, 0.3) is 0 Å². The van der Waals surface area contributed by atoms with Gasteiger partial charge in [-0.15, -0.1) is 0 Å². The first-order chi connectivity index (χ1) is 16.0. The van der Waals surface area contributed by atoms with E-state index in [1.807, 2.05) is 0 Å². The molecule has 0 heterocycles. The summed E-state index contributed by atoms with van der Waals surface area (Å²) in [7, 11) is 4.99. The number of nitrogens with one attached hydrogen (secondary N) is 4. The number of carbonyl (C=O) groups is 4. The van der Waals surface area contributed by atoms with Crippen LogP contribution in [-0.4, -0.2) is 51.2 Å². The summed E-state index contributed by atoms with van der Waals surface area (Å²) in [6.45, 7) is 4.21. The highest BCUT2D eigenvalue weighted by Gasteiger charge is 2.04. The Morgan fingerprint density at radius 2 is 0.818 bits per heavy atom. The minimum absolute atomic E-state index is 0.00893. The van der Waals surface area contributed by atoms with Crippen LogP contribution in [-0.2, 0) is 19.2 Å². The molecule has 0 aliphatic rings. The van der Waals surface area contributed by atoms with E-state index in [2.05, 4.69) is 28.1 Å². The molecular formula is C24H45BN4O4. The fourth-order valence-electron chi connectivity index (χ4n) is 3.32. The van der Waals surface area contributed by atoms with Crippen LogP contribution in [0.5, 0.6) is 0 Å². The van der Waals surface area contributed by atoms with E-state index >= 15 is 0 Å². The number of hydrogen-bond donors (Lipinski definition) is 4. The van der Waals surface area contributed by atoms with Crippen molar-refractivity contribution in [1.29, 1.82) is 0 Å². The number of carbonyl (C=O) groups excluding carboxylic acids is 4. The molecule has 9 heteroatoms. The first-order valence-corrected chi connectivity index (χ1v) is 12.8. The second kappa shape index (κ2) is 23.1. The summed E-state index contributed by atoms with van der Waals surface area (Å²) in [6.07, 6.45) is 12.9. The van der Waals surface area contributed by atoms with Crippen LogP contribution in [0.3, 0.4) is 0 Å². The first-order valence-electron chi connectivity index (χ1n) is 12.8. The predicted molar refractivity (Wildman–Crippen MR) is 132 cm³/mol. The molecule has 0 aromatic rings. The molecule has 0 atom stereocenters. The van der Waals surface area contributed by atoms with Gasteiger partial charge in [-0.25, -0.2) is 0 Å². The van der Waals surface area contributed by atoms with Gasteiger partial charge < -0.3 is 21.2 Å². The van der Waals surface area contributed by atoms with Crippen molar-refractivity contribution >= 4 is 31.6 Å². The molecule has 0 aromatic carbocycles. The monoisotopic (exact) mass is 464 g/mol. The van der Waals surface area contributed by atoms with Crippen molar-refractivity contribution in [3.8, 4) is 0 Å². The number of hydrogen-bond acceptors (Lipinski definition) is 4. The van der Waals surface area contributed by atoms with Gasteiger partial charge in [-0.1, -0.05) is 39.0 Å². The zero-order valence-corrected chi connectivity index (χ0v) is 20.6. The first kappa shape index (κ1) is 30.9. The van der Waals surface area contributed by atoms with Gasteiger partial charge in [0.1, 0.15) is 0 Å². The molecule has 0 saturated carbocycles. The third-order valence-corrected chi connectivity index (χ3v) is 5.38. The Hall–Kier alpha value is -2.06. The Morgan fingerprint density at radius 1 is 0.485 bits per heavy atom. The topological polar surface area (TPSA) is 116 Å². The van der Waals surface area contributed by atoms with Crippen LogP contribution in [0, 0.1) is 0 Å². The largest absolute Gasteiger partial charge is 0.409 e. The third-order valence-electron chi connectivity index (χ3n) is 5.38. The lowest BCUT2D eigenvalue weighted by Crippen LogP contribution is -2.25. The Bertz CT molecular complexity index is 547. The lowest BCUT2D eigenvalue weighted by atomic mass is 10.1. The number of amides is 4. The quantitative estimate of drug-likeness (QED) is 0.146. The molecule has 4 N–H and O–H groups in total. The van der Waals surface area contributed by atoms with Crippen molar-refractivity contribution in [2.45, 2.75) is 110 Å². The fourth-order valence-corrected chi connectivity index (χ4v) is 3.32. The van der Waals surface area contributed by atoms with E-state index in [0.29, 0.717) is 51.6 Å². The molecule has 4 amide bonds. The molecule has 0 aromatic heterocycles. The SMILES string of the molecule is [B]NC(=O)CCCCC(=O)NCCCCCC(=O)NCCCCCC(=O)NCCCCCC. The van der Waals surface area contributed by atoms with Gasteiger partial charge in [0, 0.05) is 45.3 Å². The predicted octanol–water partition coefficient (Wildman–Crippen LogP) is 2.80. The van der Waals surface area contributed by atoms with E-state index in [-0.39, 0.29) is 23.6 Å². The van der Waals surface area contributed by atoms with E-state index in [9.17, 15) is 19.2 Å². The summed E-state index contributed by atoms with van der Waals surface area (Å²) in [5.74, 6) is -0.0358. The minimum Gasteiger partial charge on any atom is -0.409 e. The molecule has 2 radical (unpaired) electrons. The van der Waals surface area contributed by atoms with Crippen molar-refractivity contribution in [1.82, 2.24) is 21.2 Å². The third kappa shape index (κ3) is 22.9. The number of unbranched alkanes of at least 4 members (excludes halogenated alkanes) is 8. The second-order valence-corrected chi connectivity index (χ2v) is 8.51. The van der Waals surface area contributed by atoms with Gasteiger partial charge in [-0.05, 0) is 44.9 Å². The molecule has 0 aliphatic heterocycles. The molecule has 0 fully saturated rings. The average Bonchev–Trinajstić information content (AvgIpc) is 2.80. The van der Waals surface area contributed by atoms with Gasteiger partial charge in [0.15, 0.2) is 0 Å². The Morgan fingerprint density at radius 3 is 1.18 bits per heavy atom. The Kier molecular flexibility index (Phi) is 21.7. The molecular weight excluding hydrogens is 419 g/mol. The van der Waals surface area contributed by atoms with Gasteiger partial charge in [0.05, 0.1) is 0 Å². The van der Waals surface area contributed by atoms with Crippen LogP contribution < -0.4 is 21.2 Å². The standard InChI is InChI=1S/C24H45BN4O4/c1-2-3-4-11-18-26-21(30)14-7-5-12-19-27-22(31)15-8-6-13-20-28-23(32)16-9-10-17-24(33)29-25/h2-20H2,1H3,(H,26,30)(H,27,31)(H,28,32)(H,29,33). The van der Waals surface area contributed by atoms with E-state index in [4.69, 9.17) is 7.98 Å². The maximum absolute atomic E-state index is 11.9.